The van der Waals surface area contributed by atoms with Gasteiger partial charge in [0.25, 0.3) is 5.56 Å². The van der Waals surface area contributed by atoms with Gasteiger partial charge in [-0.25, -0.2) is 13.2 Å². The molecule has 2 N–H and O–H groups in total. The van der Waals surface area contributed by atoms with Crippen LogP contribution < -0.4 is 21.9 Å². The Hall–Kier alpha value is -3.68. The van der Waals surface area contributed by atoms with Crippen molar-refractivity contribution in [3.05, 3.63) is 44.6 Å². The average Bonchev–Trinajstić information content (AvgIpc) is 3.36. The fourth-order valence-electron chi connectivity index (χ4n) is 5.37. The molecule has 0 spiro atoms. The molecule has 0 atom stereocenters. The fourth-order valence-corrected chi connectivity index (χ4v) is 6.21. The first kappa shape index (κ1) is 31.7. The summed E-state index contributed by atoms with van der Waals surface area (Å²) in [5.41, 5.74) is 1.34. The maximum absolute atomic E-state index is 13.0. The van der Waals surface area contributed by atoms with Crippen LogP contribution in [0.1, 0.15) is 5.56 Å². The molecule has 0 amide bonds. The standard InChI is InChI=1S/C29H40N8O6S/c1-33-25-26(32-28(33)44(3,40)41)37(29(39)34(2)27(25)38)8-4-5-22-19-23(30-6-9-35-11-15-42-16-12-35)21-24(20-22)31-7-10-36-13-17-43-18-14-36/h19-21,30-31H,6-18H2,1-3H3. The molecule has 5 rings (SSSR count). The van der Waals surface area contributed by atoms with Gasteiger partial charge in [-0.2, -0.15) is 4.98 Å². The van der Waals surface area contributed by atoms with E-state index in [0.29, 0.717) is 0 Å². The first-order valence-electron chi connectivity index (χ1n) is 14.7. The number of nitrogens with one attached hydrogen (secondary N) is 2. The van der Waals surface area contributed by atoms with Gasteiger partial charge < -0.3 is 24.7 Å². The van der Waals surface area contributed by atoms with E-state index in [4.69, 9.17) is 9.47 Å². The molecule has 44 heavy (non-hydrogen) atoms. The minimum absolute atomic E-state index is 0.0145. The van der Waals surface area contributed by atoms with Crippen molar-refractivity contribution in [3.63, 3.8) is 0 Å². The zero-order chi connectivity index (χ0) is 31.3. The van der Waals surface area contributed by atoms with Crippen LogP contribution in [0.4, 0.5) is 11.4 Å². The lowest BCUT2D eigenvalue weighted by atomic mass is 10.1. The third-order valence-electron chi connectivity index (χ3n) is 7.77. The Morgan fingerprint density at radius 2 is 1.41 bits per heavy atom. The van der Waals surface area contributed by atoms with Gasteiger partial charge in [0.1, 0.15) is 0 Å². The Morgan fingerprint density at radius 1 is 0.864 bits per heavy atom. The molecule has 1 aromatic carbocycles. The number of aryl methyl sites for hydroxylation is 1. The highest BCUT2D eigenvalue weighted by molar-refractivity contribution is 7.90. The van der Waals surface area contributed by atoms with Gasteiger partial charge in [0.05, 0.1) is 33.0 Å². The molecule has 2 aliphatic rings. The van der Waals surface area contributed by atoms with Crippen LogP contribution in [0.25, 0.3) is 11.2 Å². The second-order valence-electron chi connectivity index (χ2n) is 11.0. The van der Waals surface area contributed by atoms with Gasteiger partial charge in [-0.15, -0.1) is 0 Å². The number of aromatic nitrogens is 4. The van der Waals surface area contributed by atoms with Crippen molar-refractivity contribution in [2.45, 2.75) is 11.7 Å². The number of anilines is 2. The predicted molar refractivity (Wildman–Crippen MR) is 168 cm³/mol. The summed E-state index contributed by atoms with van der Waals surface area (Å²) in [5, 5.41) is 6.73. The van der Waals surface area contributed by atoms with E-state index in [-0.39, 0.29) is 22.9 Å². The van der Waals surface area contributed by atoms with Crippen molar-refractivity contribution in [2.75, 3.05) is 95.7 Å². The lowest BCUT2D eigenvalue weighted by Gasteiger charge is -2.27. The highest BCUT2D eigenvalue weighted by Crippen LogP contribution is 2.19. The van der Waals surface area contributed by atoms with E-state index in [1.165, 1.54) is 23.2 Å². The van der Waals surface area contributed by atoms with E-state index in [2.05, 4.69) is 43.3 Å². The third-order valence-corrected chi connectivity index (χ3v) is 8.80. The van der Waals surface area contributed by atoms with Crippen LogP contribution in [0.15, 0.2) is 32.9 Å². The lowest BCUT2D eigenvalue weighted by molar-refractivity contribution is 0.0398. The minimum Gasteiger partial charge on any atom is -0.384 e. The molecule has 3 aromatic rings. The summed E-state index contributed by atoms with van der Waals surface area (Å²) in [6, 6.07) is 5.98. The number of nitrogens with zero attached hydrogens (tertiary/aromatic N) is 6. The quantitative estimate of drug-likeness (QED) is 0.277. The molecule has 2 fully saturated rings. The van der Waals surface area contributed by atoms with Crippen LogP contribution in [0, 0.1) is 11.8 Å². The highest BCUT2D eigenvalue weighted by Gasteiger charge is 2.23. The Labute approximate surface area is 256 Å². The summed E-state index contributed by atoms with van der Waals surface area (Å²) in [5.74, 6) is 6.18. The summed E-state index contributed by atoms with van der Waals surface area (Å²) >= 11 is 0. The first-order valence-corrected chi connectivity index (χ1v) is 16.6. The minimum atomic E-state index is -3.74. The molecule has 2 aliphatic heterocycles. The number of fused-ring (bicyclic) bond motifs is 1. The normalized spacial score (nSPS) is 16.5. The smallest absolute Gasteiger partial charge is 0.333 e. The van der Waals surface area contributed by atoms with E-state index >= 15 is 0 Å². The van der Waals surface area contributed by atoms with Gasteiger partial charge in [-0.05, 0) is 18.2 Å². The Kier molecular flexibility index (Phi) is 10.1. The molecule has 4 heterocycles. The van der Waals surface area contributed by atoms with E-state index < -0.39 is 21.1 Å². The van der Waals surface area contributed by atoms with Crippen LogP contribution in [0.2, 0.25) is 0 Å². The Balaban J connectivity index is 1.38. The zero-order valence-electron chi connectivity index (χ0n) is 25.5. The van der Waals surface area contributed by atoms with E-state index in [1.54, 1.807) is 0 Å². The number of ether oxygens (including phenoxy) is 2. The maximum atomic E-state index is 13.0. The molecule has 0 bridgehead atoms. The topological polar surface area (TPSA) is 145 Å². The van der Waals surface area contributed by atoms with Crippen LogP contribution in [0.3, 0.4) is 0 Å². The summed E-state index contributed by atoms with van der Waals surface area (Å²) in [7, 11) is -0.945. The number of benzene rings is 1. The summed E-state index contributed by atoms with van der Waals surface area (Å²) in [6.07, 6.45) is 1.01. The molecule has 0 saturated carbocycles. The molecule has 14 nitrogen and oxygen atoms in total. The van der Waals surface area contributed by atoms with Gasteiger partial charge in [0.2, 0.25) is 15.0 Å². The zero-order valence-corrected chi connectivity index (χ0v) is 26.3. The monoisotopic (exact) mass is 628 g/mol. The molecule has 0 unspecified atom stereocenters. The third kappa shape index (κ3) is 7.51. The Morgan fingerprint density at radius 3 is 1.93 bits per heavy atom. The highest BCUT2D eigenvalue weighted by atomic mass is 32.2. The van der Waals surface area contributed by atoms with Gasteiger partial charge in [0.15, 0.2) is 11.2 Å². The average molecular weight is 629 g/mol. The predicted octanol–water partition coefficient (Wildman–Crippen LogP) is -0.623. The van der Waals surface area contributed by atoms with Gasteiger partial charge >= 0.3 is 5.69 Å². The maximum Gasteiger partial charge on any atom is 0.333 e. The SMILES string of the molecule is Cn1c(=O)c2c(nc(S(C)(=O)=O)n2C)n(CC#Cc2cc(NCCN3CCOCC3)cc(NCCN3CCOCC3)c2)c1=O. The molecule has 2 aromatic heterocycles. The van der Waals surface area contributed by atoms with Crippen LogP contribution in [-0.2, 0) is 40.0 Å². The summed E-state index contributed by atoms with van der Waals surface area (Å²) in [6.45, 7) is 9.90. The first-order chi connectivity index (χ1) is 21.1. The number of rotatable bonds is 10. The number of hydrogen-bond donors (Lipinski definition) is 2. The van der Waals surface area contributed by atoms with Crippen molar-refractivity contribution >= 4 is 32.4 Å². The molecule has 2 saturated heterocycles. The lowest BCUT2D eigenvalue weighted by Crippen LogP contribution is -2.39. The number of imidazole rings is 1. The molecular formula is C29H40N8O6S. The van der Waals surface area contributed by atoms with Crippen molar-refractivity contribution in [1.29, 1.82) is 0 Å². The van der Waals surface area contributed by atoms with Crippen molar-refractivity contribution in [2.24, 2.45) is 14.1 Å². The fraction of sp³-hybridized carbons (Fsp3) is 0.552. The Bertz CT molecular complexity index is 1730. The number of hydrogen-bond acceptors (Lipinski definition) is 11. The van der Waals surface area contributed by atoms with Crippen LogP contribution >= 0.6 is 0 Å². The second-order valence-corrected chi connectivity index (χ2v) is 12.9. The largest absolute Gasteiger partial charge is 0.384 e. The number of morpholine rings is 2. The van der Waals surface area contributed by atoms with Gasteiger partial charge in [-0.1, -0.05) is 11.8 Å². The summed E-state index contributed by atoms with van der Waals surface area (Å²) in [4.78, 5) is 34.8. The molecule has 238 valence electrons. The second kappa shape index (κ2) is 14.0. The van der Waals surface area contributed by atoms with Crippen molar-refractivity contribution in [1.82, 2.24) is 28.5 Å². The number of sulfone groups is 1. The van der Waals surface area contributed by atoms with Crippen molar-refractivity contribution < 1.29 is 17.9 Å². The van der Waals surface area contributed by atoms with Gasteiger partial charge in [0, 0.05) is 89.6 Å². The molecule has 0 aliphatic carbocycles. The summed E-state index contributed by atoms with van der Waals surface area (Å²) < 4.78 is 38.8. The molecule has 0 radical (unpaired) electrons. The van der Waals surface area contributed by atoms with E-state index in [0.717, 1.165) is 107 Å². The van der Waals surface area contributed by atoms with Crippen LogP contribution in [0.5, 0.6) is 0 Å². The van der Waals surface area contributed by atoms with E-state index in [1.807, 2.05) is 12.1 Å². The van der Waals surface area contributed by atoms with E-state index in [9.17, 15) is 18.0 Å². The van der Waals surface area contributed by atoms with Gasteiger partial charge in [-0.3, -0.25) is 23.7 Å². The van der Waals surface area contributed by atoms with Crippen molar-refractivity contribution in [3.8, 4) is 11.8 Å². The molecular weight excluding hydrogens is 588 g/mol. The molecule has 15 heteroatoms. The van der Waals surface area contributed by atoms with Crippen LogP contribution in [-0.4, -0.2) is 122 Å².